The predicted molar refractivity (Wildman–Crippen MR) is 78.5 cm³/mol. The second-order valence-corrected chi connectivity index (χ2v) is 5.50. The number of urea groups is 1. The van der Waals surface area contributed by atoms with Crippen molar-refractivity contribution in [2.75, 3.05) is 5.32 Å². The van der Waals surface area contributed by atoms with Crippen LogP contribution in [0, 0.1) is 0 Å². The van der Waals surface area contributed by atoms with Crippen LogP contribution in [0.1, 0.15) is 13.3 Å². The van der Waals surface area contributed by atoms with Crippen LogP contribution in [0.25, 0.3) is 10.2 Å². The van der Waals surface area contributed by atoms with E-state index in [1.165, 1.54) is 11.3 Å². The number of carbonyl (C=O) groups excluding carboxylic acids is 1. The van der Waals surface area contributed by atoms with Gasteiger partial charge in [-0.3, -0.25) is 5.32 Å². The number of rotatable bonds is 4. The molecule has 0 bridgehead atoms. The summed E-state index contributed by atoms with van der Waals surface area (Å²) >= 11 is 7.14. The maximum absolute atomic E-state index is 11.7. The molecule has 0 saturated carbocycles. The first-order valence-corrected chi connectivity index (χ1v) is 7.05. The van der Waals surface area contributed by atoms with Gasteiger partial charge in [0.15, 0.2) is 5.13 Å². The summed E-state index contributed by atoms with van der Waals surface area (Å²) in [6.07, 6.45) is 0.304. The Balaban J connectivity index is 2.08. The van der Waals surface area contributed by atoms with E-state index < -0.39 is 18.0 Å². The summed E-state index contributed by atoms with van der Waals surface area (Å²) in [5, 5.41) is 14.7. The zero-order valence-corrected chi connectivity index (χ0v) is 12.1. The third-order valence-electron chi connectivity index (χ3n) is 2.58. The number of nitrogens with one attached hydrogen (secondary N) is 2. The Morgan fingerprint density at radius 3 is 2.90 bits per heavy atom. The first-order valence-electron chi connectivity index (χ1n) is 5.86. The lowest BCUT2D eigenvalue weighted by molar-refractivity contribution is -0.139. The summed E-state index contributed by atoms with van der Waals surface area (Å²) < 4.78 is 0.845. The standard InChI is InChI=1S/C12H12ClN3O3S/c1-2-7(10(17)18)14-11(19)16-12-15-8-4-3-6(13)5-9(8)20-12/h3-5,7H,2H2,1H3,(H,17,18)(H2,14,15,16,19)/t7-/m1/s1. The molecule has 0 aliphatic rings. The monoisotopic (exact) mass is 313 g/mol. The highest BCUT2D eigenvalue weighted by molar-refractivity contribution is 7.22. The Kier molecular flexibility index (Phi) is 4.41. The molecule has 20 heavy (non-hydrogen) atoms. The predicted octanol–water partition coefficient (Wildman–Crippen LogP) is 2.93. The fraction of sp³-hybridized carbons (Fsp3) is 0.250. The second-order valence-electron chi connectivity index (χ2n) is 4.03. The smallest absolute Gasteiger partial charge is 0.326 e. The van der Waals surface area contributed by atoms with Crippen molar-refractivity contribution in [3.8, 4) is 0 Å². The maximum atomic E-state index is 11.7. The Bertz CT molecular complexity index is 658. The Morgan fingerprint density at radius 1 is 1.50 bits per heavy atom. The summed E-state index contributed by atoms with van der Waals surface area (Å²) in [5.74, 6) is -1.07. The molecular formula is C12H12ClN3O3S. The van der Waals surface area contributed by atoms with E-state index in [1.54, 1.807) is 25.1 Å². The molecule has 0 unspecified atom stereocenters. The van der Waals surface area contributed by atoms with Gasteiger partial charge in [-0.25, -0.2) is 14.6 Å². The number of carbonyl (C=O) groups is 2. The number of nitrogens with zero attached hydrogens (tertiary/aromatic N) is 1. The zero-order chi connectivity index (χ0) is 14.7. The molecule has 0 aliphatic carbocycles. The molecule has 0 saturated heterocycles. The van der Waals surface area contributed by atoms with Crippen LogP contribution in [0.3, 0.4) is 0 Å². The Hall–Kier alpha value is -1.86. The van der Waals surface area contributed by atoms with Crippen LogP contribution in [0.4, 0.5) is 9.93 Å². The Morgan fingerprint density at radius 2 is 2.25 bits per heavy atom. The number of anilines is 1. The highest BCUT2D eigenvalue weighted by Crippen LogP contribution is 2.28. The maximum Gasteiger partial charge on any atom is 0.326 e. The number of thiazole rings is 1. The van der Waals surface area contributed by atoms with Crippen molar-refractivity contribution >= 4 is 50.3 Å². The largest absolute Gasteiger partial charge is 0.480 e. The topological polar surface area (TPSA) is 91.3 Å². The minimum atomic E-state index is -1.07. The van der Waals surface area contributed by atoms with Gasteiger partial charge in [-0.2, -0.15) is 0 Å². The molecule has 0 fully saturated rings. The van der Waals surface area contributed by atoms with E-state index in [4.69, 9.17) is 16.7 Å². The van der Waals surface area contributed by atoms with E-state index in [0.29, 0.717) is 16.6 Å². The van der Waals surface area contributed by atoms with Gasteiger partial charge in [0, 0.05) is 5.02 Å². The molecule has 106 valence electrons. The summed E-state index contributed by atoms with van der Waals surface area (Å²) in [5.41, 5.74) is 0.722. The van der Waals surface area contributed by atoms with E-state index in [1.807, 2.05) is 0 Å². The third-order valence-corrected chi connectivity index (χ3v) is 3.75. The van der Waals surface area contributed by atoms with E-state index >= 15 is 0 Å². The van der Waals surface area contributed by atoms with Crippen molar-refractivity contribution in [1.29, 1.82) is 0 Å². The third kappa shape index (κ3) is 3.37. The average molecular weight is 314 g/mol. The molecule has 6 nitrogen and oxygen atoms in total. The Labute approximate surface area is 123 Å². The van der Waals surface area contributed by atoms with Crippen LogP contribution in [-0.4, -0.2) is 28.1 Å². The molecule has 1 heterocycles. The van der Waals surface area contributed by atoms with Gasteiger partial charge in [0.2, 0.25) is 0 Å². The van der Waals surface area contributed by atoms with Gasteiger partial charge in [0.1, 0.15) is 6.04 Å². The number of hydrogen-bond acceptors (Lipinski definition) is 4. The number of carboxylic acid groups (broad SMARTS) is 1. The second kappa shape index (κ2) is 6.06. The highest BCUT2D eigenvalue weighted by atomic mass is 35.5. The minimum Gasteiger partial charge on any atom is -0.480 e. The fourth-order valence-corrected chi connectivity index (χ4v) is 2.72. The molecule has 0 spiro atoms. The van der Waals surface area contributed by atoms with Gasteiger partial charge >= 0.3 is 12.0 Å². The number of fused-ring (bicyclic) bond motifs is 1. The molecular weight excluding hydrogens is 302 g/mol. The number of halogens is 1. The summed E-state index contributed by atoms with van der Waals surface area (Å²) in [4.78, 5) is 26.7. The lowest BCUT2D eigenvalue weighted by Crippen LogP contribution is -2.42. The average Bonchev–Trinajstić information content (AvgIpc) is 2.76. The molecule has 0 radical (unpaired) electrons. The van der Waals surface area contributed by atoms with Gasteiger partial charge in [0.25, 0.3) is 0 Å². The lowest BCUT2D eigenvalue weighted by atomic mass is 10.2. The van der Waals surface area contributed by atoms with Crippen LogP contribution in [0.2, 0.25) is 5.02 Å². The van der Waals surface area contributed by atoms with Crippen molar-refractivity contribution in [1.82, 2.24) is 10.3 Å². The van der Waals surface area contributed by atoms with E-state index in [9.17, 15) is 9.59 Å². The van der Waals surface area contributed by atoms with Crippen molar-refractivity contribution in [2.45, 2.75) is 19.4 Å². The molecule has 1 atom stereocenters. The summed E-state index contributed by atoms with van der Waals surface area (Å²) in [6, 6.07) is 3.71. The van der Waals surface area contributed by atoms with Crippen molar-refractivity contribution in [2.24, 2.45) is 0 Å². The first kappa shape index (κ1) is 14.5. The molecule has 1 aromatic heterocycles. The normalized spacial score (nSPS) is 12.1. The number of aromatic nitrogens is 1. The van der Waals surface area contributed by atoms with Crippen molar-refractivity contribution in [3.05, 3.63) is 23.2 Å². The highest BCUT2D eigenvalue weighted by Gasteiger charge is 2.18. The molecule has 2 rings (SSSR count). The number of aliphatic carboxylic acids is 1. The molecule has 8 heteroatoms. The van der Waals surface area contributed by atoms with E-state index in [-0.39, 0.29) is 0 Å². The van der Waals surface area contributed by atoms with Gasteiger partial charge in [-0.1, -0.05) is 29.9 Å². The van der Waals surface area contributed by atoms with Gasteiger partial charge in [-0.15, -0.1) is 0 Å². The fourth-order valence-electron chi connectivity index (χ4n) is 1.58. The van der Waals surface area contributed by atoms with Crippen molar-refractivity contribution < 1.29 is 14.7 Å². The van der Waals surface area contributed by atoms with Crippen molar-refractivity contribution in [3.63, 3.8) is 0 Å². The SMILES string of the molecule is CC[C@@H](NC(=O)Nc1nc2ccc(Cl)cc2s1)C(=O)O. The van der Waals surface area contributed by atoms with Crippen LogP contribution < -0.4 is 10.6 Å². The van der Waals surface area contributed by atoms with Crippen LogP contribution in [0.5, 0.6) is 0 Å². The molecule has 0 aliphatic heterocycles. The quantitative estimate of drug-likeness (QED) is 0.809. The van der Waals surface area contributed by atoms with Gasteiger partial charge < -0.3 is 10.4 Å². The first-order chi connectivity index (χ1) is 9.49. The zero-order valence-electron chi connectivity index (χ0n) is 10.5. The van der Waals surface area contributed by atoms with Crippen LogP contribution in [-0.2, 0) is 4.79 Å². The number of hydrogen-bond donors (Lipinski definition) is 3. The van der Waals surface area contributed by atoms with Gasteiger partial charge in [-0.05, 0) is 24.6 Å². The summed E-state index contributed by atoms with van der Waals surface area (Å²) in [7, 11) is 0. The summed E-state index contributed by atoms with van der Waals surface area (Å²) in [6.45, 7) is 1.68. The van der Waals surface area contributed by atoms with Gasteiger partial charge in [0.05, 0.1) is 10.2 Å². The van der Waals surface area contributed by atoms with E-state index in [2.05, 4.69) is 15.6 Å². The van der Waals surface area contributed by atoms with Crippen LogP contribution in [0.15, 0.2) is 18.2 Å². The molecule has 1 aromatic carbocycles. The molecule has 3 N–H and O–H groups in total. The number of amides is 2. The number of carboxylic acids is 1. The number of benzene rings is 1. The lowest BCUT2D eigenvalue weighted by Gasteiger charge is -2.11. The minimum absolute atomic E-state index is 0.304. The molecule has 2 amide bonds. The van der Waals surface area contributed by atoms with Crippen LogP contribution >= 0.6 is 22.9 Å². The van der Waals surface area contributed by atoms with E-state index in [0.717, 1.165) is 10.2 Å². The molecule has 2 aromatic rings.